The van der Waals surface area contributed by atoms with Crippen LogP contribution >= 0.6 is 31.9 Å². The predicted octanol–water partition coefficient (Wildman–Crippen LogP) is 4.35. The summed E-state index contributed by atoms with van der Waals surface area (Å²) in [6, 6.07) is 13.4. The van der Waals surface area contributed by atoms with Crippen LogP contribution in [0.15, 0.2) is 51.4 Å². The highest BCUT2D eigenvalue weighted by atomic mass is 79.9. The van der Waals surface area contributed by atoms with Gasteiger partial charge in [0.1, 0.15) is 5.75 Å². The zero-order valence-electron chi connectivity index (χ0n) is 14.4. The Morgan fingerprint density at radius 3 is 2.85 bits per heavy atom. The zero-order chi connectivity index (χ0) is 19.0. The lowest BCUT2D eigenvalue weighted by atomic mass is 10.0. The van der Waals surface area contributed by atoms with E-state index in [0.717, 1.165) is 25.9 Å². The number of carbonyl (C=O) groups is 1. The molecule has 1 atom stereocenters. The topological polar surface area (TPSA) is 69.0 Å². The molecule has 0 aliphatic carbocycles. The smallest absolute Gasteiger partial charge is 0.274 e. The standard InChI is InChI=1S/C19H16Br2N4O2/c1-11-18(23-24-25(11)14-4-2-3-12(20)9-14)19(26)22-16-7-8-27-17-6-5-13(21)10-15(16)17/h2-6,9-10,16H,7-8H2,1H3,(H,22,26). The number of aromatic nitrogens is 3. The molecule has 2 aromatic carbocycles. The van der Waals surface area contributed by atoms with Gasteiger partial charge in [-0.25, -0.2) is 4.68 Å². The Bertz CT molecular complexity index is 1020. The number of benzene rings is 2. The van der Waals surface area contributed by atoms with E-state index >= 15 is 0 Å². The van der Waals surface area contributed by atoms with Gasteiger partial charge in [-0.15, -0.1) is 5.10 Å². The maximum atomic E-state index is 12.9. The van der Waals surface area contributed by atoms with Crippen LogP contribution in [0.2, 0.25) is 0 Å². The van der Waals surface area contributed by atoms with Crippen LogP contribution in [0.3, 0.4) is 0 Å². The van der Waals surface area contributed by atoms with E-state index in [0.29, 0.717) is 24.4 Å². The van der Waals surface area contributed by atoms with Crippen LogP contribution in [0.4, 0.5) is 0 Å². The molecule has 0 bridgehead atoms. The van der Waals surface area contributed by atoms with Gasteiger partial charge in [0.05, 0.1) is 24.0 Å². The highest BCUT2D eigenvalue weighted by molar-refractivity contribution is 9.10. The molecule has 1 aliphatic heterocycles. The fraction of sp³-hybridized carbons (Fsp3) is 0.211. The first-order valence-electron chi connectivity index (χ1n) is 8.44. The molecular formula is C19H16Br2N4O2. The van der Waals surface area contributed by atoms with Crippen molar-refractivity contribution < 1.29 is 9.53 Å². The van der Waals surface area contributed by atoms with E-state index in [2.05, 4.69) is 47.5 Å². The lowest BCUT2D eigenvalue weighted by molar-refractivity contribution is 0.0919. The van der Waals surface area contributed by atoms with E-state index in [4.69, 9.17) is 4.74 Å². The Balaban J connectivity index is 1.59. The van der Waals surface area contributed by atoms with Crippen LogP contribution in [0, 0.1) is 6.92 Å². The molecule has 0 radical (unpaired) electrons. The lowest BCUT2D eigenvalue weighted by Gasteiger charge is -2.26. The summed E-state index contributed by atoms with van der Waals surface area (Å²) < 4.78 is 9.23. The predicted molar refractivity (Wildman–Crippen MR) is 108 cm³/mol. The van der Waals surface area contributed by atoms with Crippen LogP contribution < -0.4 is 10.1 Å². The number of rotatable bonds is 3. The van der Waals surface area contributed by atoms with Crippen LogP contribution in [-0.2, 0) is 0 Å². The molecule has 6 nitrogen and oxygen atoms in total. The van der Waals surface area contributed by atoms with Crippen molar-refractivity contribution in [2.24, 2.45) is 0 Å². The van der Waals surface area contributed by atoms with Gasteiger partial charge in [-0.2, -0.15) is 0 Å². The quantitative estimate of drug-likeness (QED) is 0.591. The molecule has 27 heavy (non-hydrogen) atoms. The van der Waals surface area contributed by atoms with Crippen molar-refractivity contribution in [3.8, 4) is 11.4 Å². The zero-order valence-corrected chi connectivity index (χ0v) is 17.6. The fourth-order valence-electron chi connectivity index (χ4n) is 3.13. The van der Waals surface area contributed by atoms with E-state index in [1.807, 2.05) is 49.4 Å². The Labute approximate surface area is 173 Å². The van der Waals surface area contributed by atoms with Crippen LogP contribution in [0.25, 0.3) is 5.69 Å². The Morgan fingerprint density at radius 1 is 1.22 bits per heavy atom. The van der Waals surface area contributed by atoms with Gasteiger partial charge in [0.25, 0.3) is 5.91 Å². The molecule has 8 heteroatoms. The summed E-state index contributed by atoms with van der Waals surface area (Å²) in [6.45, 7) is 2.40. The highest BCUT2D eigenvalue weighted by Crippen LogP contribution is 2.34. The summed E-state index contributed by atoms with van der Waals surface area (Å²) in [7, 11) is 0. The van der Waals surface area contributed by atoms with E-state index in [-0.39, 0.29) is 11.9 Å². The second-order valence-corrected chi connectivity index (χ2v) is 8.09. The minimum atomic E-state index is -0.244. The van der Waals surface area contributed by atoms with Crippen molar-refractivity contribution in [3.05, 3.63) is 68.4 Å². The number of nitrogens with one attached hydrogen (secondary N) is 1. The molecule has 1 amide bonds. The average molecular weight is 492 g/mol. The normalized spacial score (nSPS) is 15.7. The van der Waals surface area contributed by atoms with Gasteiger partial charge < -0.3 is 10.1 Å². The number of halogens is 2. The molecule has 138 valence electrons. The van der Waals surface area contributed by atoms with Gasteiger partial charge in [0, 0.05) is 20.9 Å². The Kier molecular flexibility index (Phi) is 5.01. The number of hydrogen-bond donors (Lipinski definition) is 1. The minimum absolute atomic E-state index is 0.130. The molecule has 4 rings (SSSR count). The van der Waals surface area contributed by atoms with Crippen molar-refractivity contribution in [3.63, 3.8) is 0 Å². The van der Waals surface area contributed by atoms with E-state index in [1.165, 1.54) is 0 Å². The summed E-state index contributed by atoms with van der Waals surface area (Å²) >= 11 is 6.93. The molecule has 1 aliphatic rings. The molecule has 0 fully saturated rings. The first kappa shape index (κ1) is 18.2. The second kappa shape index (κ2) is 7.44. The molecule has 3 aromatic rings. The van der Waals surface area contributed by atoms with Crippen molar-refractivity contribution in [2.45, 2.75) is 19.4 Å². The summed E-state index contributed by atoms with van der Waals surface area (Å²) in [4.78, 5) is 12.9. The van der Waals surface area contributed by atoms with Gasteiger partial charge >= 0.3 is 0 Å². The summed E-state index contributed by atoms with van der Waals surface area (Å²) in [5, 5.41) is 11.3. The third-order valence-electron chi connectivity index (χ3n) is 4.48. The third kappa shape index (κ3) is 3.64. The SMILES string of the molecule is Cc1c(C(=O)NC2CCOc3ccc(Br)cc32)nnn1-c1cccc(Br)c1. The monoisotopic (exact) mass is 490 g/mol. The summed E-state index contributed by atoms with van der Waals surface area (Å²) in [5.41, 5.74) is 2.81. The average Bonchev–Trinajstić information content (AvgIpc) is 3.04. The molecule has 1 unspecified atom stereocenters. The molecule has 2 heterocycles. The molecule has 0 saturated heterocycles. The number of carbonyl (C=O) groups excluding carboxylic acids is 1. The molecule has 1 aromatic heterocycles. The number of nitrogens with zero attached hydrogens (tertiary/aromatic N) is 3. The van der Waals surface area contributed by atoms with Crippen molar-refractivity contribution in [1.82, 2.24) is 20.3 Å². The number of hydrogen-bond acceptors (Lipinski definition) is 4. The number of amides is 1. The van der Waals surface area contributed by atoms with E-state index in [9.17, 15) is 4.79 Å². The summed E-state index contributed by atoms with van der Waals surface area (Å²) in [5.74, 6) is 0.552. The Morgan fingerprint density at radius 2 is 2.04 bits per heavy atom. The van der Waals surface area contributed by atoms with Crippen molar-refractivity contribution >= 4 is 37.8 Å². The van der Waals surface area contributed by atoms with Gasteiger partial charge in [-0.3, -0.25) is 4.79 Å². The first-order valence-corrected chi connectivity index (χ1v) is 10.0. The largest absolute Gasteiger partial charge is 0.493 e. The maximum Gasteiger partial charge on any atom is 0.274 e. The minimum Gasteiger partial charge on any atom is -0.493 e. The molecular weight excluding hydrogens is 476 g/mol. The third-order valence-corrected chi connectivity index (χ3v) is 5.47. The maximum absolute atomic E-state index is 12.9. The van der Waals surface area contributed by atoms with Crippen LogP contribution in [-0.4, -0.2) is 27.5 Å². The Hall–Kier alpha value is -2.19. The van der Waals surface area contributed by atoms with E-state index < -0.39 is 0 Å². The molecule has 0 spiro atoms. The fourth-order valence-corrected chi connectivity index (χ4v) is 3.90. The summed E-state index contributed by atoms with van der Waals surface area (Å²) in [6.07, 6.45) is 0.702. The number of ether oxygens (including phenoxy) is 1. The van der Waals surface area contributed by atoms with Gasteiger partial charge in [-0.1, -0.05) is 43.1 Å². The van der Waals surface area contributed by atoms with E-state index in [1.54, 1.807) is 4.68 Å². The molecule has 1 N–H and O–H groups in total. The molecule has 0 saturated carbocycles. The van der Waals surface area contributed by atoms with Gasteiger partial charge in [0.2, 0.25) is 0 Å². The van der Waals surface area contributed by atoms with Gasteiger partial charge in [0.15, 0.2) is 5.69 Å². The van der Waals surface area contributed by atoms with Crippen molar-refractivity contribution in [2.75, 3.05) is 6.61 Å². The van der Waals surface area contributed by atoms with Crippen molar-refractivity contribution in [1.29, 1.82) is 0 Å². The van der Waals surface area contributed by atoms with Crippen LogP contribution in [0.1, 0.15) is 34.2 Å². The highest BCUT2D eigenvalue weighted by Gasteiger charge is 2.26. The lowest BCUT2D eigenvalue weighted by Crippen LogP contribution is -2.32. The number of fused-ring (bicyclic) bond motifs is 1. The first-order chi connectivity index (χ1) is 13.0. The van der Waals surface area contributed by atoms with Gasteiger partial charge in [-0.05, 0) is 43.3 Å². The second-order valence-electron chi connectivity index (χ2n) is 6.26. The van der Waals surface area contributed by atoms with Crippen LogP contribution in [0.5, 0.6) is 5.75 Å².